The smallest absolute Gasteiger partial charge is 0.449 e. The highest BCUT2D eigenvalue weighted by Crippen LogP contribution is 2.43. The molecule has 0 bridgehead atoms. The molecule has 0 unspecified atom stereocenters. The molecular weight excluding hydrogens is 411 g/mol. The Labute approximate surface area is 168 Å². The van der Waals surface area contributed by atoms with E-state index in [1.54, 1.807) is 6.07 Å². The van der Waals surface area contributed by atoms with E-state index in [-0.39, 0.29) is 20.9 Å². The molecule has 0 spiro atoms. The van der Waals surface area contributed by atoms with Gasteiger partial charge < -0.3 is 14.7 Å². The number of amides is 1. The first-order chi connectivity index (χ1) is 12.9. The molecule has 9 heteroatoms. The molecule has 1 aromatic carbocycles. The molecule has 1 N–H and O–H groups in total. The molecule has 2 heterocycles. The number of anilines is 1. The molecule has 0 aliphatic heterocycles. The van der Waals surface area contributed by atoms with Crippen molar-refractivity contribution in [3.05, 3.63) is 64.4 Å². The van der Waals surface area contributed by atoms with Gasteiger partial charge >= 0.3 is 6.16 Å². The predicted octanol–water partition coefficient (Wildman–Crippen LogP) is 5.45. The second-order valence-electron chi connectivity index (χ2n) is 5.35. The van der Waals surface area contributed by atoms with Crippen LogP contribution in [0.25, 0.3) is 10.4 Å². The zero-order chi connectivity index (χ0) is 19.6. The maximum absolute atomic E-state index is 12.8. The number of carbonyl (C=O) groups excluding carboxylic acids is 1. The van der Waals surface area contributed by atoms with Gasteiger partial charge in [0, 0.05) is 11.9 Å². The van der Waals surface area contributed by atoms with Crippen LogP contribution in [0.3, 0.4) is 0 Å². The topological polar surface area (TPSA) is 79.7 Å². The number of hydrogen-bond donors (Lipinski definition) is 1. The second-order valence-corrected chi connectivity index (χ2v) is 7.11. The van der Waals surface area contributed by atoms with Crippen LogP contribution in [-0.2, 0) is 0 Å². The molecule has 0 saturated carbocycles. The number of thiophene rings is 1. The van der Waals surface area contributed by atoms with Crippen molar-refractivity contribution in [2.75, 3.05) is 11.9 Å². The van der Waals surface area contributed by atoms with Gasteiger partial charge in [-0.15, -0.1) is 0 Å². The number of benzene rings is 1. The van der Waals surface area contributed by atoms with Crippen molar-refractivity contribution in [3.63, 3.8) is 0 Å². The molecule has 0 fully saturated rings. The first-order valence-corrected chi connectivity index (χ1v) is 9.14. The molecular formula is C18H12Cl2N2O4S. The molecule has 0 aliphatic rings. The Hall–Kier alpha value is -2.61. The first kappa shape index (κ1) is 19.2. The van der Waals surface area contributed by atoms with Crippen molar-refractivity contribution in [2.45, 2.75) is 0 Å². The Morgan fingerprint density at radius 1 is 1.15 bits per heavy atom. The van der Waals surface area contributed by atoms with Crippen LogP contribution in [0.5, 0.6) is 5.06 Å². The van der Waals surface area contributed by atoms with Crippen LogP contribution in [-0.4, -0.2) is 29.2 Å². The molecule has 1 amide bonds. The average molecular weight is 423 g/mol. The van der Waals surface area contributed by atoms with Gasteiger partial charge in [-0.25, -0.2) is 9.78 Å². The number of carbonyl (C=O) groups is 2. The Bertz CT molecular complexity index is 1010. The molecule has 0 aliphatic carbocycles. The van der Waals surface area contributed by atoms with Crippen LogP contribution < -0.4 is 9.64 Å². The van der Waals surface area contributed by atoms with E-state index >= 15 is 0 Å². The number of nitrogens with zero attached hydrogens (tertiary/aromatic N) is 2. The fourth-order valence-corrected chi connectivity index (χ4v) is 3.82. The van der Waals surface area contributed by atoms with Crippen molar-refractivity contribution < 1.29 is 19.4 Å². The summed E-state index contributed by atoms with van der Waals surface area (Å²) in [6.45, 7) is 0. The monoisotopic (exact) mass is 422 g/mol. The van der Waals surface area contributed by atoms with Crippen LogP contribution in [0.2, 0.25) is 10.3 Å². The highest BCUT2D eigenvalue weighted by Gasteiger charge is 2.24. The third-order valence-corrected chi connectivity index (χ3v) is 5.18. The van der Waals surface area contributed by atoms with Gasteiger partial charge in [0.05, 0.1) is 11.3 Å². The van der Waals surface area contributed by atoms with Crippen molar-refractivity contribution in [1.29, 1.82) is 0 Å². The summed E-state index contributed by atoms with van der Waals surface area (Å²) >= 11 is 12.9. The minimum absolute atomic E-state index is 0.0430. The summed E-state index contributed by atoms with van der Waals surface area (Å²) < 4.78 is 4.88. The van der Waals surface area contributed by atoms with Crippen LogP contribution >= 0.6 is 34.5 Å². The lowest BCUT2D eigenvalue weighted by atomic mass is 10.2. The summed E-state index contributed by atoms with van der Waals surface area (Å²) in [7, 11) is 1.50. The number of carboxylic acid groups (broad SMARTS) is 1. The normalized spacial score (nSPS) is 10.5. The van der Waals surface area contributed by atoms with Gasteiger partial charge in [0.25, 0.3) is 5.91 Å². The highest BCUT2D eigenvalue weighted by atomic mass is 35.5. The standard InChI is InChI=1S/C18H12Cl2N2O4S/c1-22(16(23)11-7-8-14(19)21-15(11)20)12-9-13(10-5-3-2-4-6-10)27-17(12)26-18(24)25/h2-9H,1H3,(H,24,25). The second kappa shape index (κ2) is 7.96. The summed E-state index contributed by atoms with van der Waals surface area (Å²) in [6.07, 6.45) is -1.47. The van der Waals surface area contributed by atoms with Gasteiger partial charge in [-0.3, -0.25) is 4.79 Å². The lowest BCUT2D eigenvalue weighted by Gasteiger charge is -2.17. The number of aromatic nitrogens is 1. The first-order valence-electron chi connectivity index (χ1n) is 7.57. The van der Waals surface area contributed by atoms with Crippen molar-refractivity contribution >= 4 is 52.3 Å². The molecule has 0 saturated heterocycles. The van der Waals surface area contributed by atoms with E-state index in [0.29, 0.717) is 5.69 Å². The van der Waals surface area contributed by atoms with Gasteiger partial charge in [-0.2, -0.15) is 0 Å². The van der Waals surface area contributed by atoms with Gasteiger partial charge in [0.2, 0.25) is 5.06 Å². The summed E-state index contributed by atoms with van der Waals surface area (Å²) in [6, 6.07) is 13.9. The minimum atomic E-state index is -1.47. The molecule has 2 aromatic heterocycles. The number of ether oxygens (including phenoxy) is 1. The Kier molecular flexibility index (Phi) is 5.65. The summed E-state index contributed by atoms with van der Waals surface area (Å²) in [5.74, 6) is -0.475. The highest BCUT2D eigenvalue weighted by molar-refractivity contribution is 7.18. The van der Waals surface area contributed by atoms with Gasteiger partial charge in [-0.05, 0) is 23.8 Å². The summed E-state index contributed by atoms with van der Waals surface area (Å²) in [4.78, 5) is 29.7. The maximum atomic E-state index is 12.8. The lowest BCUT2D eigenvalue weighted by molar-refractivity contribution is 0.0991. The minimum Gasteiger partial charge on any atom is -0.449 e. The Balaban J connectivity index is 2.01. The van der Waals surface area contributed by atoms with Crippen molar-refractivity contribution in [2.24, 2.45) is 0 Å². The summed E-state index contributed by atoms with van der Waals surface area (Å²) in [5, 5.41) is 9.22. The maximum Gasteiger partial charge on any atom is 0.512 e. The number of rotatable bonds is 4. The lowest BCUT2D eigenvalue weighted by Crippen LogP contribution is -2.27. The van der Waals surface area contributed by atoms with Gasteiger partial charge in [0.15, 0.2) is 0 Å². The van der Waals surface area contributed by atoms with E-state index in [4.69, 9.17) is 33.0 Å². The van der Waals surface area contributed by atoms with Crippen LogP contribution in [0.1, 0.15) is 10.4 Å². The molecule has 0 atom stereocenters. The number of halogens is 2. The zero-order valence-corrected chi connectivity index (χ0v) is 16.2. The Morgan fingerprint density at radius 2 is 1.85 bits per heavy atom. The van der Waals surface area contributed by atoms with E-state index in [9.17, 15) is 9.59 Å². The molecule has 138 valence electrons. The third kappa shape index (κ3) is 4.21. The van der Waals surface area contributed by atoms with Gasteiger partial charge in [0.1, 0.15) is 10.3 Å². The quantitative estimate of drug-likeness (QED) is 0.446. The van der Waals surface area contributed by atoms with E-state index in [0.717, 1.165) is 21.8 Å². The fraction of sp³-hybridized carbons (Fsp3) is 0.0556. The van der Waals surface area contributed by atoms with E-state index in [1.807, 2.05) is 30.3 Å². The van der Waals surface area contributed by atoms with Crippen molar-refractivity contribution in [3.8, 4) is 15.5 Å². The zero-order valence-electron chi connectivity index (χ0n) is 13.8. The van der Waals surface area contributed by atoms with Crippen LogP contribution in [0.15, 0.2) is 48.5 Å². The van der Waals surface area contributed by atoms with Crippen LogP contribution in [0, 0.1) is 0 Å². The van der Waals surface area contributed by atoms with E-state index in [2.05, 4.69) is 4.98 Å². The molecule has 3 aromatic rings. The van der Waals surface area contributed by atoms with E-state index in [1.165, 1.54) is 24.1 Å². The third-order valence-electron chi connectivity index (χ3n) is 3.63. The van der Waals surface area contributed by atoms with Gasteiger partial charge in [-0.1, -0.05) is 64.9 Å². The number of hydrogen-bond acceptors (Lipinski definition) is 5. The molecule has 0 radical (unpaired) electrons. The summed E-state index contributed by atoms with van der Waals surface area (Å²) in [5.41, 5.74) is 1.31. The van der Waals surface area contributed by atoms with Crippen molar-refractivity contribution in [1.82, 2.24) is 4.98 Å². The Morgan fingerprint density at radius 3 is 2.48 bits per heavy atom. The van der Waals surface area contributed by atoms with E-state index < -0.39 is 12.1 Å². The SMILES string of the molecule is CN(C(=O)c1ccc(Cl)nc1Cl)c1cc(-c2ccccc2)sc1OC(=O)O. The predicted molar refractivity (Wildman–Crippen MR) is 105 cm³/mol. The average Bonchev–Trinajstić information content (AvgIpc) is 3.04. The molecule has 3 rings (SSSR count). The molecule has 6 nitrogen and oxygen atoms in total. The number of pyridine rings is 1. The fourth-order valence-electron chi connectivity index (χ4n) is 2.36. The van der Waals surface area contributed by atoms with Crippen LogP contribution in [0.4, 0.5) is 10.5 Å². The molecule has 27 heavy (non-hydrogen) atoms. The largest absolute Gasteiger partial charge is 0.512 e.